The van der Waals surface area contributed by atoms with Crippen LogP contribution in [0.4, 0.5) is 0 Å². The van der Waals surface area contributed by atoms with Crippen LogP contribution in [0.1, 0.15) is 11.5 Å². The van der Waals surface area contributed by atoms with Gasteiger partial charge in [0.2, 0.25) is 0 Å². The van der Waals surface area contributed by atoms with Gasteiger partial charge in [0.1, 0.15) is 5.75 Å². The zero-order valence-corrected chi connectivity index (χ0v) is 8.22. The zero-order valence-electron chi connectivity index (χ0n) is 8.22. The molecule has 0 aromatic heterocycles. The molecule has 0 amide bonds. The van der Waals surface area contributed by atoms with E-state index in [2.05, 4.69) is 0 Å². The van der Waals surface area contributed by atoms with Crippen molar-refractivity contribution in [3.8, 4) is 5.75 Å². The Morgan fingerprint density at radius 2 is 2.21 bits per heavy atom. The second-order valence-electron chi connectivity index (χ2n) is 3.41. The average molecular weight is 196 g/mol. The maximum atomic E-state index is 9.27. The van der Waals surface area contributed by atoms with Gasteiger partial charge in [0.05, 0.1) is 6.61 Å². The van der Waals surface area contributed by atoms with Crippen LogP contribution in [-0.2, 0) is 0 Å². The summed E-state index contributed by atoms with van der Waals surface area (Å²) in [5, 5.41) is 19.9. The van der Waals surface area contributed by atoms with Crippen LogP contribution in [0, 0.1) is 0 Å². The van der Waals surface area contributed by atoms with Crippen LogP contribution in [0.25, 0.3) is 0 Å². The molecule has 1 aromatic carbocycles. The van der Waals surface area contributed by atoms with Gasteiger partial charge < -0.3 is 10.2 Å². The predicted octanol–water partition coefficient (Wildman–Crippen LogP) is 0.274. The third-order valence-electron chi connectivity index (χ3n) is 2.07. The number of benzene rings is 1. The fourth-order valence-corrected chi connectivity index (χ4v) is 1.39. The van der Waals surface area contributed by atoms with E-state index in [1.807, 2.05) is 6.07 Å². The maximum Gasteiger partial charge on any atom is 0.115 e. The first-order valence-corrected chi connectivity index (χ1v) is 4.49. The molecule has 0 fully saturated rings. The number of hydrogen-bond donors (Lipinski definition) is 3. The number of rotatable bonds is 4. The summed E-state index contributed by atoms with van der Waals surface area (Å²) < 4.78 is 0. The minimum Gasteiger partial charge on any atom is -0.508 e. The summed E-state index contributed by atoms with van der Waals surface area (Å²) in [6.45, 7) is 0.574. The molecule has 4 heteroatoms. The van der Waals surface area contributed by atoms with Gasteiger partial charge in [-0.15, -0.1) is 0 Å². The quantitative estimate of drug-likeness (QED) is 0.477. The molecule has 0 radical (unpaired) electrons. The normalized spacial score (nSPS) is 13.1. The van der Waals surface area contributed by atoms with Crippen molar-refractivity contribution >= 4 is 0 Å². The van der Waals surface area contributed by atoms with Gasteiger partial charge in [-0.1, -0.05) is 12.1 Å². The Balaban J connectivity index is 2.78. The van der Waals surface area contributed by atoms with E-state index in [0.29, 0.717) is 6.54 Å². The summed E-state index contributed by atoms with van der Waals surface area (Å²) in [6.07, 6.45) is 0. The van der Waals surface area contributed by atoms with E-state index >= 15 is 0 Å². The number of aromatic hydroxyl groups is 1. The summed E-state index contributed by atoms with van der Waals surface area (Å²) in [5.41, 5.74) is 0.893. The highest BCUT2D eigenvalue weighted by atomic mass is 16.3. The van der Waals surface area contributed by atoms with Crippen LogP contribution in [-0.4, -0.2) is 35.4 Å². The number of hydrogen-bond acceptors (Lipinski definition) is 4. The van der Waals surface area contributed by atoms with Crippen LogP contribution in [0.15, 0.2) is 24.3 Å². The minimum absolute atomic E-state index is 0.0188. The van der Waals surface area contributed by atoms with Gasteiger partial charge >= 0.3 is 0 Å². The van der Waals surface area contributed by atoms with Gasteiger partial charge in [0, 0.05) is 19.5 Å². The topological polar surface area (TPSA) is 69.7 Å². The Morgan fingerprint density at radius 3 is 2.71 bits per heavy atom. The highest BCUT2D eigenvalue weighted by Crippen LogP contribution is 2.19. The van der Waals surface area contributed by atoms with Crippen molar-refractivity contribution < 1.29 is 10.2 Å². The minimum atomic E-state index is -0.0582. The molecule has 0 aliphatic heterocycles. The molecule has 1 aromatic rings. The van der Waals surface area contributed by atoms with Crippen LogP contribution < -0.4 is 5.84 Å². The molecule has 1 atom stereocenters. The largest absolute Gasteiger partial charge is 0.508 e. The standard InChI is InChI=1S/C10H16N2O2/c1-12(11)6-9(7-13)8-3-2-4-10(14)5-8/h2-5,9,13-14H,6-7,11H2,1H3. The highest BCUT2D eigenvalue weighted by Gasteiger charge is 2.11. The van der Waals surface area contributed by atoms with Crippen LogP contribution in [0.5, 0.6) is 5.75 Å². The first kappa shape index (κ1) is 11.0. The lowest BCUT2D eigenvalue weighted by atomic mass is 10.00. The molecule has 1 rings (SSSR count). The molecule has 0 aliphatic rings. The lowest BCUT2D eigenvalue weighted by molar-refractivity contribution is 0.222. The number of hydrazine groups is 1. The number of phenols is 1. The molecule has 0 saturated carbocycles. The third kappa shape index (κ3) is 2.99. The number of nitrogens with two attached hydrogens (primary N) is 1. The summed E-state index contributed by atoms with van der Waals surface area (Å²) in [7, 11) is 1.74. The van der Waals surface area contributed by atoms with Crippen LogP contribution >= 0.6 is 0 Å². The van der Waals surface area contributed by atoms with Gasteiger partial charge in [-0.05, 0) is 17.7 Å². The van der Waals surface area contributed by atoms with Crippen LogP contribution in [0.2, 0.25) is 0 Å². The predicted molar refractivity (Wildman–Crippen MR) is 54.8 cm³/mol. The van der Waals surface area contributed by atoms with E-state index < -0.39 is 0 Å². The number of aliphatic hydroxyl groups excluding tert-OH is 1. The van der Waals surface area contributed by atoms with Crippen molar-refractivity contribution in [2.45, 2.75) is 5.92 Å². The van der Waals surface area contributed by atoms with Crippen molar-refractivity contribution in [1.29, 1.82) is 0 Å². The molecular weight excluding hydrogens is 180 g/mol. The summed E-state index contributed by atoms with van der Waals surface area (Å²) in [6, 6.07) is 6.86. The van der Waals surface area contributed by atoms with Gasteiger partial charge in [-0.25, -0.2) is 5.01 Å². The number of aliphatic hydroxyl groups is 1. The second kappa shape index (κ2) is 4.95. The third-order valence-corrected chi connectivity index (χ3v) is 2.07. The molecule has 4 N–H and O–H groups in total. The van der Waals surface area contributed by atoms with Gasteiger partial charge in [-0.2, -0.15) is 0 Å². The smallest absolute Gasteiger partial charge is 0.115 e. The molecule has 0 spiro atoms. The Morgan fingerprint density at radius 1 is 1.50 bits per heavy atom. The van der Waals surface area contributed by atoms with Gasteiger partial charge in [-0.3, -0.25) is 5.84 Å². The first-order chi connectivity index (χ1) is 6.63. The monoisotopic (exact) mass is 196 g/mol. The van der Waals surface area contributed by atoms with E-state index in [1.54, 1.807) is 25.2 Å². The Bertz CT molecular complexity index is 289. The molecule has 0 aliphatic carbocycles. The number of nitrogens with zero attached hydrogens (tertiary/aromatic N) is 1. The van der Waals surface area contributed by atoms with Crippen molar-refractivity contribution in [2.75, 3.05) is 20.2 Å². The van der Waals surface area contributed by atoms with Crippen molar-refractivity contribution in [3.05, 3.63) is 29.8 Å². The fraction of sp³-hybridized carbons (Fsp3) is 0.400. The molecule has 0 heterocycles. The zero-order chi connectivity index (χ0) is 10.6. The van der Waals surface area contributed by atoms with E-state index in [0.717, 1.165) is 5.56 Å². The van der Waals surface area contributed by atoms with E-state index in [-0.39, 0.29) is 18.3 Å². The van der Waals surface area contributed by atoms with Crippen molar-refractivity contribution in [2.24, 2.45) is 5.84 Å². The Kier molecular flexibility index (Phi) is 3.88. The van der Waals surface area contributed by atoms with E-state index in [9.17, 15) is 5.11 Å². The molecule has 0 bridgehead atoms. The maximum absolute atomic E-state index is 9.27. The molecule has 1 unspecified atom stereocenters. The van der Waals surface area contributed by atoms with Crippen molar-refractivity contribution in [1.82, 2.24) is 5.01 Å². The van der Waals surface area contributed by atoms with Gasteiger partial charge in [0.15, 0.2) is 0 Å². The summed E-state index contributed by atoms with van der Waals surface area (Å²) in [4.78, 5) is 0. The fourth-order valence-electron chi connectivity index (χ4n) is 1.39. The number of phenolic OH excluding ortho intramolecular Hbond substituents is 1. The number of likely N-dealkylation sites (N-methyl/N-ethyl adjacent to an activating group) is 1. The SMILES string of the molecule is CN(N)CC(CO)c1cccc(O)c1. The molecular formula is C10H16N2O2. The Labute approximate surface area is 83.5 Å². The summed E-state index contributed by atoms with van der Waals surface area (Å²) in [5.74, 6) is 5.65. The van der Waals surface area contributed by atoms with Crippen LogP contribution in [0.3, 0.4) is 0 Å². The second-order valence-corrected chi connectivity index (χ2v) is 3.41. The first-order valence-electron chi connectivity index (χ1n) is 4.49. The summed E-state index contributed by atoms with van der Waals surface area (Å²) >= 11 is 0. The average Bonchev–Trinajstić information content (AvgIpc) is 2.14. The van der Waals surface area contributed by atoms with E-state index in [1.165, 1.54) is 5.01 Å². The van der Waals surface area contributed by atoms with Crippen molar-refractivity contribution in [3.63, 3.8) is 0 Å². The van der Waals surface area contributed by atoms with E-state index in [4.69, 9.17) is 10.9 Å². The molecule has 78 valence electrons. The molecule has 4 nitrogen and oxygen atoms in total. The lowest BCUT2D eigenvalue weighted by Crippen LogP contribution is -2.32. The molecule has 0 saturated heterocycles. The van der Waals surface area contributed by atoms with Gasteiger partial charge in [0.25, 0.3) is 0 Å². The highest BCUT2D eigenvalue weighted by molar-refractivity contribution is 5.29. The lowest BCUT2D eigenvalue weighted by Gasteiger charge is -2.18. The Hall–Kier alpha value is -1.10. The molecule has 14 heavy (non-hydrogen) atoms.